The van der Waals surface area contributed by atoms with Gasteiger partial charge in [-0.25, -0.2) is 13.8 Å². The van der Waals surface area contributed by atoms with Gasteiger partial charge < -0.3 is 11.1 Å². The van der Waals surface area contributed by atoms with E-state index in [9.17, 15) is 13.6 Å². The molecule has 0 radical (unpaired) electrons. The van der Waals surface area contributed by atoms with E-state index in [1.54, 1.807) is 5.38 Å². The molecule has 1 aromatic carbocycles. The van der Waals surface area contributed by atoms with Gasteiger partial charge in [-0.15, -0.1) is 11.3 Å². The first-order valence-corrected chi connectivity index (χ1v) is 7.32. The van der Waals surface area contributed by atoms with Gasteiger partial charge in [0.15, 0.2) is 0 Å². The van der Waals surface area contributed by atoms with E-state index in [1.807, 2.05) is 6.92 Å². The normalized spacial score (nSPS) is 12.2. The van der Waals surface area contributed by atoms with Gasteiger partial charge in [-0.05, 0) is 24.6 Å². The fourth-order valence-corrected chi connectivity index (χ4v) is 2.57. The Morgan fingerprint density at radius 1 is 1.48 bits per heavy atom. The van der Waals surface area contributed by atoms with E-state index in [2.05, 4.69) is 10.3 Å². The van der Waals surface area contributed by atoms with Crippen molar-refractivity contribution in [2.45, 2.75) is 25.9 Å². The zero-order valence-electron chi connectivity index (χ0n) is 11.4. The molecule has 7 heteroatoms. The van der Waals surface area contributed by atoms with E-state index in [0.29, 0.717) is 5.01 Å². The van der Waals surface area contributed by atoms with Crippen molar-refractivity contribution in [1.29, 1.82) is 0 Å². The maximum Gasteiger partial charge on any atom is 0.271 e. The van der Waals surface area contributed by atoms with Crippen LogP contribution in [0.3, 0.4) is 0 Å². The van der Waals surface area contributed by atoms with Crippen LogP contribution in [0.2, 0.25) is 0 Å². The second-order valence-corrected chi connectivity index (χ2v) is 5.39. The number of hydrogen-bond acceptors (Lipinski definition) is 4. The van der Waals surface area contributed by atoms with Gasteiger partial charge in [0.1, 0.15) is 22.3 Å². The summed E-state index contributed by atoms with van der Waals surface area (Å²) in [6.07, 6.45) is 0.725. The molecule has 0 fully saturated rings. The Morgan fingerprint density at radius 2 is 2.24 bits per heavy atom. The Morgan fingerprint density at radius 3 is 2.95 bits per heavy atom. The lowest BCUT2D eigenvalue weighted by Crippen LogP contribution is -2.24. The van der Waals surface area contributed by atoms with Crippen molar-refractivity contribution in [3.8, 4) is 0 Å². The summed E-state index contributed by atoms with van der Waals surface area (Å²) in [5, 5.41) is 4.79. The van der Waals surface area contributed by atoms with E-state index in [0.717, 1.165) is 24.6 Å². The summed E-state index contributed by atoms with van der Waals surface area (Å²) in [5.74, 6) is -1.56. The second kappa shape index (κ2) is 6.73. The van der Waals surface area contributed by atoms with E-state index >= 15 is 0 Å². The van der Waals surface area contributed by atoms with Gasteiger partial charge in [0.2, 0.25) is 0 Å². The van der Waals surface area contributed by atoms with E-state index in [1.165, 1.54) is 11.3 Å². The van der Waals surface area contributed by atoms with Gasteiger partial charge in [-0.2, -0.15) is 0 Å². The molecule has 0 aliphatic rings. The Hall–Kier alpha value is -1.86. The highest BCUT2D eigenvalue weighted by Crippen LogP contribution is 2.18. The fraction of sp³-hybridized carbons (Fsp3) is 0.286. The minimum absolute atomic E-state index is 0.0871. The summed E-state index contributed by atoms with van der Waals surface area (Å²) < 4.78 is 26.5. The first-order valence-electron chi connectivity index (χ1n) is 6.44. The predicted molar refractivity (Wildman–Crippen MR) is 76.9 cm³/mol. The number of nitrogens with zero attached hydrogens (tertiary/aromatic N) is 1. The maximum absolute atomic E-state index is 13.4. The number of nitrogens with one attached hydrogen (secondary N) is 1. The first kappa shape index (κ1) is 15.5. The van der Waals surface area contributed by atoms with E-state index in [-0.39, 0.29) is 23.8 Å². The molecule has 1 amide bonds. The molecule has 0 aliphatic carbocycles. The number of aromatic nitrogens is 1. The maximum atomic E-state index is 13.4. The summed E-state index contributed by atoms with van der Waals surface area (Å²) in [6.45, 7) is 1.83. The van der Waals surface area contributed by atoms with Crippen LogP contribution in [0.5, 0.6) is 0 Å². The van der Waals surface area contributed by atoms with Crippen LogP contribution in [0.1, 0.15) is 40.4 Å². The highest BCUT2D eigenvalue weighted by Gasteiger charge is 2.14. The zero-order chi connectivity index (χ0) is 15.4. The van der Waals surface area contributed by atoms with Crippen molar-refractivity contribution < 1.29 is 13.6 Å². The lowest BCUT2D eigenvalue weighted by Gasteiger charge is -2.05. The van der Waals surface area contributed by atoms with Gasteiger partial charge >= 0.3 is 0 Å². The fourth-order valence-electron chi connectivity index (χ4n) is 1.68. The van der Waals surface area contributed by atoms with Crippen LogP contribution >= 0.6 is 11.3 Å². The number of carbonyl (C=O) groups is 1. The SMILES string of the molecule is CCC(N)c1nc(C(=O)NCc2cc(F)ccc2F)cs1. The van der Waals surface area contributed by atoms with Crippen molar-refractivity contribution in [2.75, 3.05) is 0 Å². The van der Waals surface area contributed by atoms with Gasteiger partial charge in [0, 0.05) is 17.5 Å². The standard InChI is InChI=1S/C14H15F2N3OS/c1-2-11(17)14-19-12(7-21-14)13(20)18-6-8-5-9(15)3-4-10(8)16/h3-5,7,11H,2,6,17H2,1H3,(H,18,20). The molecule has 0 bridgehead atoms. The molecule has 1 atom stereocenters. The third kappa shape index (κ3) is 3.83. The largest absolute Gasteiger partial charge is 0.346 e. The van der Waals surface area contributed by atoms with Crippen LogP contribution < -0.4 is 11.1 Å². The quantitative estimate of drug-likeness (QED) is 0.892. The number of hydrogen-bond donors (Lipinski definition) is 2. The number of benzene rings is 1. The zero-order valence-corrected chi connectivity index (χ0v) is 12.2. The summed E-state index contributed by atoms with van der Waals surface area (Å²) in [7, 11) is 0. The third-order valence-corrected chi connectivity index (χ3v) is 3.94. The van der Waals surface area contributed by atoms with Crippen LogP contribution in [0, 0.1) is 11.6 Å². The van der Waals surface area contributed by atoms with Crippen molar-refractivity contribution in [1.82, 2.24) is 10.3 Å². The van der Waals surface area contributed by atoms with Crippen LogP contribution in [0.4, 0.5) is 8.78 Å². The molecule has 3 N–H and O–H groups in total. The first-order chi connectivity index (χ1) is 10.0. The van der Waals surface area contributed by atoms with Crippen LogP contribution in [-0.2, 0) is 6.54 Å². The predicted octanol–water partition coefficient (Wildman–Crippen LogP) is 2.76. The number of halogens is 2. The van der Waals surface area contributed by atoms with Crippen LogP contribution in [0.25, 0.3) is 0 Å². The molecule has 0 saturated heterocycles. The summed E-state index contributed by atoms with van der Waals surface area (Å²) in [4.78, 5) is 16.1. The number of carbonyl (C=O) groups excluding carboxylic acids is 1. The van der Waals surface area contributed by atoms with Gasteiger partial charge in [-0.3, -0.25) is 4.79 Å². The Balaban J connectivity index is 2.01. The highest BCUT2D eigenvalue weighted by atomic mass is 32.1. The molecule has 0 spiro atoms. The second-order valence-electron chi connectivity index (χ2n) is 4.50. The molecule has 112 valence electrons. The summed E-state index contributed by atoms with van der Waals surface area (Å²) >= 11 is 1.31. The summed E-state index contributed by atoms with van der Waals surface area (Å²) in [5.41, 5.74) is 6.15. The lowest BCUT2D eigenvalue weighted by atomic mass is 10.2. The van der Waals surface area contributed by atoms with Crippen molar-refractivity contribution in [2.24, 2.45) is 5.73 Å². The monoisotopic (exact) mass is 311 g/mol. The molecular weight excluding hydrogens is 296 g/mol. The Labute approximate surface area is 125 Å². The molecule has 1 heterocycles. The molecule has 2 rings (SSSR count). The average Bonchev–Trinajstić information content (AvgIpc) is 2.97. The Bertz CT molecular complexity index is 645. The van der Waals surface area contributed by atoms with Crippen LogP contribution in [0.15, 0.2) is 23.6 Å². The topological polar surface area (TPSA) is 68.0 Å². The molecule has 0 saturated carbocycles. The number of amides is 1. The van der Waals surface area contributed by atoms with Gasteiger partial charge in [0.25, 0.3) is 5.91 Å². The number of rotatable bonds is 5. The minimum atomic E-state index is -0.566. The highest BCUT2D eigenvalue weighted by molar-refractivity contribution is 7.09. The molecular formula is C14H15F2N3OS. The van der Waals surface area contributed by atoms with E-state index in [4.69, 9.17) is 5.73 Å². The average molecular weight is 311 g/mol. The van der Waals surface area contributed by atoms with Crippen molar-refractivity contribution in [3.63, 3.8) is 0 Å². The summed E-state index contributed by atoms with van der Waals surface area (Å²) in [6, 6.07) is 2.91. The molecule has 4 nitrogen and oxygen atoms in total. The molecule has 1 unspecified atom stereocenters. The molecule has 2 aromatic rings. The Kier molecular flexibility index (Phi) is 4.98. The number of thiazole rings is 1. The molecule has 21 heavy (non-hydrogen) atoms. The molecule has 0 aliphatic heterocycles. The smallest absolute Gasteiger partial charge is 0.271 e. The van der Waals surface area contributed by atoms with Crippen molar-refractivity contribution >= 4 is 17.2 Å². The third-order valence-electron chi connectivity index (χ3n) is 2.96. The van der Waals surface area contributed by atoms with Gasteiger partial charge in [0.05, 0.1) is 6.04 Å². The van der Waals surface area contributed by atoms with Gasteiger partial charge in [-0.1, -0.05) is 6.92 Å². The lowest BCUT2D eigenvalue weighted by molar-refractivity contribution is 0.0946. The number of nitrogens with two attached hydrogens (primary N) is 1. The van der Waals surface area contributed by atoms with Crippen molar-refractivity contribution in [3.05, 3.63) is 51.5 Å². The van der Waals surface area contributed by atoms with Crippen LogP contribution in [-0.4, -0.2) is 10.9 Å². The minimum Gasteiger partial charge on any atom is -0.346 e. The van der Waals surface area contributed by atoms with E-state index < -0.39 is 17.5 Å². The molecule has 1 aromatic heterocycles.